The Labute approximate surface area is 115 Å². The van der Waals surface area contributed by atoms with Gasteiger partial charge in [0.25, 0.3) is 5.69 Å². The van der Waals surface area contributed by atoms with E-state index in [2.05, 4.69) is 10.0 Å². The van der Waals surface area contributed by atoms with E-state index in [1.165, 1.54) is 12.1 Å². The molecule has 0 bridgehead atoms. The van der Waals surface area contributed by atoms with Gasteiger partial charge in [0, 0.05) is 24.7 Å². The van der Waals surface area contributed by atoms with Gasteiger partial charge in [0.15, 0.2) is 0 Å². The molecule has 0 aliphatic rings. The van der Waals surface area contributed by atoms with E-state index in [-0.39, 0.29) is 30.0 Å². The Balaban J connectivity index is 2.79. The molecule has 0 aromatic heterocycles. The van der Waals surface area contributed by atoms with Crippen molar-refractivity contribution in [3.05, 3.63) is 33.9 Å². The molecule has 0 aliphatic carbocycles. The van der Waals surface area contributed by atoms with Crippen molar-refractivity contribution in [2.45, 2.75) is 0 Å². The van der Waals surface area contributed by atoms with Gasteiger partial charge in [-0.1, -0.05) is 0 Å². The van der Waals surface area contributed by atoms with Crippen LogP contribution in [0.5, 0.6) is 0 Å². The quantitative estimate of drug-likeness (QED) is 0.357. The van der Waals surface area contributed by atoms with Crippen molar-refractivity contribution in [1.29, 1.82) is 0 Å². The third-order valence-corrected chi connectivity index (χ3v) is 3.01. The number of sulfonamides is 1. The largest absolute Gasteiger partial charge is 0.378 e. The highest BCUT2D eigenvalue weighted by Gasteiger charge is 2.16. The number of carbonyl (C=O) groups is 1. The first-order valence-electron chi connectivity index (χ1n) is 5.47. The molecule has 0 atom stereocenters. The molecule has 20 heavy (non-hydrogen) atoms. The summed E-state index contributed by atoms with van der Waals surface area (Å²) in [5.74, 6) is -0.765. The molecular formula is C10H14N4O5S. The van der Waals surface area contributed by atoms with Gasteiger partial charge in [-0.2, -0.15) is 0 Å². The van der Waals surface area contributed by atoms with Crippen LogP contribution in [0, 0.1) is 10.1 Å². The number of nitrogens with two attached hydrogens (primary N) is 1. The van der Waals surface area contributed by atoms with Gasteiger partial charge in [-0.3, -0.25) is 14.9 Å². The standard InChI is InChI=1S/C10H14N4O5S/c1-20(18,19)13-5-4-12-8-3-2-7(10(11)15)6-9(8)14(16)17/h2-3,6,12-13H,4-5H2,1H3,(H2,11,15). The van der Waals surface area contributed by atoms with Gasteiger partial charge in [0.2, 0.25) is 15.9 Å². The Morgan fingerprint density at radius 1 is 1.40 bits per heavy atom. The molecule has 0 saturated heterocycles. The lowest BCUT2D eigenvalue weighted by atomic mass is 10.1. The molecule has 0 aliphatic heterocycles. The molecule has 4 N–H and O–H groups in total. The SMILES string of the molecule is CS(=O)(=O)NCCNc1ccc(C(N)=O)cc1[N+](=O)[O-]. The summed E-state index contributed by atoms with van der Waals surface area (Å²) in [6.07, 6.45) is 1.01. The van der Waals surface area contributed by atoms with Gasteiger partial charge in [-0.25, -0.2) is 13.1 Å². The van der Waals surface area contributed by atoms with E-state index in [0.29, 0.717) is 0 Å². The highest BCUT2D eigenvalue weighted by atomic mass is 32.2. The van der Waals surface area contributed by atoms with Crippen molar-refractivity contribution in [3.8, 4) is 0 Å². The Bertz CT molecular complexity index is 629. The minimum Gasteiger partial charge on any atom is -0.378 e. The first-order chi connectivity index (χ1) is 9.20. The van der Waals surface area contributed by atoms with Crippen molar-refractivity contribution in [2.75, 3.05) is 24.7 Å². The van der Waals surface area contributed by atoms with Gasteiger partial charge in [-0.15, -0.1) is 0 Å². The van der Waals surface area contributed by atoms with Crippen LogP contribution >= 0.6 is 0 Å². The number of anilines is 1. The summed E-state index contributed by atoms with van der Waals surface area (Å²) in [6.45, 7) is 0.234. The van der Waals surface area contributed by atoms with Crippen LogP contribution in [0.15, 0.2) is 18.2 Å². The van der Waals surface area contributed by atoms with Crippen LogP contribution in [-0.4, -0.2) is 38.6 Å². The van der Waals surface area contributed by atoms with Crippen molar-refractivity contribution >= 4 is 27.3 Å². The fourth-order valence-corrected chi connectivity index (χ4v) is 1.89. The zero-order valence-corrected chi connectivity index (χ0v) is 11.4. The number of nitrogens with zero attached hydrogens (tertiary/aromatic N) is 1. The maximum absolute atomic E-state index is 11.0. The van der Waals surface area contributed by atoms with Crippen LogP contribution in [0.1, 0.15) is 10.4 Å². The fraction of sp³-hybridized carbons (Fsp3) is 0.300. The molecule has 0 fully saturated rings. The van der Waals surface area contributed by atoms with E-state index in [4.69, 9.17) is 5.73 Å². The molecule has 10 heteroatoms. The molecular weight excluding hydrogens is 288 g/mol. The number of primary amides is 1. The van der Waals surface area contributed by atoms with Crippen LogP contribution in [0.25, 0.3) is 0 Å². The van der Waals surface area contributed by atoms with E-state index < -0.39 is 20.9 Å². The summed E-state index contributed by atoms with van der Waals surface area (Å²) in [7, 11) is -3.31. The minimum absolute atomic E-state index is 0.0245. The average molecular weight is 302 g/mol. The normalized spacial score (nSPS) is 11.1. The summed E-state index contributed by atoms with van der Waals surface area (Å²) in [6, 6.07) is 3.76. The highest BCUT2D eigenvalue weighted by Crippen LogP contribution is 2.25. The Kier molecular flexibility index (Phi) is 5.00. The molecule has 1 aromatic rings. The van der Waals surface area contributed by atoms with Crippen LogP contribution < -0.4 is 15.8 Å². The van der Waals surface area contributed by atoms with Crippen molar-refractivity contribution < 1.29 is 18.1 Å². The third kappa shape index (κ3) is 4.82. The summed E-state index contributed by atoms with van der Waals surface area (Å²) < 4.78 is 23.9. The lowest BCUT2D eigenvalue weighted by molar-refractivity contribution is -0.384. The third-order valence-electron chi connectivity index (χ3n) is 2.28. The number of rotatable bonds is 7. The molecule has 1 amide bonds. The van der Waals surface area contributed by atoms with Crippen LogP contribution in [0.2, 0.25) is 0 Å². The van der Waals surface area contributed by atoms with Gasteiger partial charge in [0.1, 0.15) is 5.69 Å². The number of hydrogen-bond donors (Lipinski definition) is 3. The monoisotopic (exact) mass is 302 g/mol. The molecule has 110 valence electrons. The average Bonchev–Trinajstić information content (AvgIpc) is 2.33. The second-order valence-electron chi connectivity index (χ2n) is 3.95. The lowest BCUT2D eigenvalue weighted by Gasteiger charge is -2.08. The van der Waals surface area contributed by atoms with Gasteiger partial charge in [0.05, 0.1) is 11.2 Å². The number of nitrogens with one attached hydrogen (secondary N) is 2. The van der Waals surface area contributed by atoms with E-state index >= 15 is 0 Å². The highest BCUT2D eigenvalue weighted by molar-refractivity contribution is 7.88. The molecule has 9 nitrogen and oxygen atoms in total. The van der Waals surface area contributed by atoms with E-state index in [1.807, 2.05) is 0 Å². The predicted molar refractivity (Wildman–Crippen MR) is 73.0 cm³/mol. The van der Waals surface area contributed by atoms with Gasteiger partial charge in [-0.05, 0) is 12.1 Å². The van der Waals surface area contributed by atoms with E-state index in [9.17, 15) is 23.3 Å². The number of amides is 1. The summed E-state index contributed by atoms with van der Waals surface area (Å²) >= 11 is 0. The number of nitro benzene ring substituents is 1. The Hall–Kier alpha value is -2.20. The molecule has 0 spiro atoms. The minimum atomic E-state index is -3.31. The zero-order chi connectivity index (χ0) is 15.3. The lowest BCUT2D eigenvalue weighted by Crippen LogP contribution is -2.27. The number of hydrogen-bond acceptors (Lipinski definition) is 6. The molecule has 0 unspecified atom stereocenters. The number of benzene rings is 1. The molecule has 0 radical (unpaired) electrons. The Morgan fingerprint density at radius 2 is 2.05 bits per heavy atom. The predicted octanol–water partition coefficient (Wildman–Crippen LogP) is -0.345. The first kappa shape index (κ1) is 15.9. The molecule has 1 rings (SSSR count). The van der Waals surface area contributed by atoms with Crippen LogP contribution in [0.3, 0.4) is 0 Å². The second kappa shape index (κ2) is 6.30. The van der Waals surface area contributed by atoms with E-state index in [0.717, 1.165) is 12.3 Å². The smallest absolute Gasteiger partial charge is 0.293 e. The van der Waals surface area contributed by atoms with E-state index in [1.54, 1.807) is 0 Å². The van der Waals surface area contributed by atoms with Crippen molar-refractivity contribution in [1.82, 2.24) is 4.72 Å². The number of nitro groups is 1. The number of carbonyl (C=O) groups excluding carboxylic acids is 1. The van der Waals surface area contributed by atoms with Crippen molar-refractivity contribution in [3.63, 3.8) is 0 Å². The summed E-state index contributed by atoms with van der Waals surface area (Å²) in [5, 5.41) is 13.6. The van der Waals surface area contributed by atoms with Crippen LogP contribution in [0.4, 0.5) is 11.4 Å². The second-order valence-corrected chi connectivity index (χ2v) is 5.78. The van der Waals surface area contributed by atoms with Gasteiger partial charge < -0.3 is 11.1 Å². The fourth-order valence-electron chi connectivity index (χ4n) is 1.42. The maximum atomic E-state index is 11.0. The Morgan fingerprint density at radius 3 is 2.55 bits per heavy atom. The zero-order valence-electron chi connectivity index (χ0n) is 10.6. The van der Waals surface area contributed by atoms with Crippen LogP contribution in [-0.2, 0) is 10.0 Å². The van der Waals surface area contributed by atoms with Crippen molar-refractivity contribution in [2.24, 2.45) is 5.73 Å². The summed E-state index contributed by atoms with van der Waals surface area (Å²) in [4.78, 5) is 21.2. The topological polar surface area (TPSA) is 144 Å². The summed E-state index contributed by atoms with van der Waals surface area (Å²) in [5.41, 5.74) is 4.94. The maximum Gasteiger partial charge on any atom is 0.293 e. The van der Waals surface area contributed by atoms with Gasteiger partial charge >= 0.3 is 0 Å². The first-order valence-corrected chi connectivity index (χ1v) is 7.36. The molecule has 0 saturated carbocycles. The molecule has 0 heterocycles. The molecule has 1 aromatic carbocycles.